The van der Waals surface area contributed by atoms with E-state index >= 15 is 0 Å². The zero-order valence-electron chi connectivity index (χ0n) is 10.8. The Morgan fingerprint density at radius 1 is 1.24 bits per heavy atom. The summed E-state index contributed by atoms with van der Waals surface area (Å²) in [6.07, 6.45) is 0. The smallest absolute Gasteiger partial charge is 0.255 e. The molecule has 2 aromatic carbocycles. The molecule has 0 aliphatic heterocycles. The summed E-state index contributed by atoms with van der Waals surface area (Å²) in [5.74, 6) is -0.205. The average Bonchev–Trinajstić information content (AvgIpc) is 2.90. The Kier molecular flexibility index (Phi) is 3.88. The number of halogens is 1. The van der Waals surface area contributed by atoms with Gasteiger partial charge < -0.3 is 10.4 Å². The molecular weight excluding hydrogens is 308 g/mol. The first-order valence-corrected chi connectivity index (χ1v) is 7.42. The number of hydrogen-bond donors (Lipinski definition) is 2. The number of anilines is 1. The van der Waals surface area contributed by atoms with E-state index in [0.29, 0.717) is 21.3 Å². The summed E-state index contributed by atoms with van der Waals surface area (Å²) < 4.78 is 0.976. The quantitative estimate of drug-likeness (QED) is 0.774. The molecule has 3 rings (SSSR count). The van der Waals surface area contributed by atoms with Crippen molar-refractivity contribution in [1.29, 1.82) is 0 Å². The van der Waals surface area contributed by atoms with Crippen LogP contribution < -0.4 is 5.32 Å². The standard InChI is InChI=1S/C15H11ClN2O2S/c16-10-3-1-9(2-4-10)15(20)17-11-5-6-13-12(7-11)18-14(8-19)21-13/h1-7,19H,8H2,(H,17,20). The van der Waals surface area contributed by atoms with Crippen molar-refractivity contribution < 1.29 is 9.90 Å². The highest BCUT2D eigenvalue weighted by Gasteiger charge is 2.08. The number of thiazole rings is 1. The van der Waals surface area contributed by atoms with Gasteiger partial charge in [-0.3, -0.25) is 4.79 Å². The number of fused-ring (bicyclic) bond motifs is 1. The van der Waals surface area contributed by atoms with Gasteiger partial charge in [-0.05, 0) is 42.5 Å². The van der Waals surface area contributed by atoms with Gasteiger partial charge in [-0.1, -0.05) is 11.6 Å². The maximum Gasteiger partial charge on any atom is 0.255 e. The predicted octanol–water partition coefficient (Wildman–Crippen LogP) is 3.69. The predicted molar refractivity (Wildman–Crippen MR) is 84.9 cm³/mol. The van der Waals surface area contributed by atoms with Gasteiger partial charge in [0.15, 0.2) is 0 Å². The van der Waals surface area contributed by atoms with Crippen molar-refractivity contribution in [3.8, 4) is 0 Å². The second-order valence-electron chi connectivity index (χ2n) is 4.41. The number of benzene rings is 2. The van der Waals surface area contributed by atoms with Crippen LogP contribution in [-0.4, -0.2) is 16.0 Å². The van der Waals surface area contributed by atoms with Crippen molar-refractivity contribution in [3.05, 3.63) is 58.1 Å². The Morgan fingerprint density at radius 2 is 2.00 bits per heavy atom. The molecule has 1 heterocycles. The average molecular weight is 319 g/mol. The molecule has 0 unspecified atom stereocenters. The molecule has 2 N–H and O–H groups in total. The first kappa shape index (κ1) is 14.0. The molecule has 1 amide bonds. The maximum absolute atomic E-state index is 12.1. The largest absolute Gasteiger partial charge is 0.389 e. The third-order valence-corrected chi connectivity index (χ3v) is 4.20. The van der Waals surface area contributed by atoms with Crippen molar-refractivity contribution in [2.75, 3.05) is 5.32 Å². The molecule has 0 spiro atoms. The Morgan fingerprint density at radius 3 is 2.71 bits per heavy atom. The Hall–Kier alpha value is -1.95. The van der Waals surface area contributed by atoms with E-state index in [9.17, 15) is 4.79 Å². The molecule has 6 heteroatoms. The first-order valence-electron chi connectivity index (χ1n) is 6.23. The fourth-order valence-corrected chi connectivity index (χ4v) is 2.86. The van der Waals surface area contributed by atoms with Gasteiger partial charge >= 0.3 is 0 Å². The van der Waals surface area contributed by atoms with Crippen LogP contribution in [0.5, 0.6) is 0 Å². The van der Waals surface area contributed by atoms with E-state index < -0.39 is 0 Å². The Bertz CT molecular complexity index is 799. The van der Waals surface area contributed by atoms with Crippen LogP contribution in [0.3, 0.4) is 0 Å². The first-order chi connectivity index (χ1) is 10.2. The summed E-state index contributed by atoms with van der Waals surface area (Å²) in [5.41, 5.74) is 1.96. The van der Waals surface area contributed by atoms with Crippen LogP contribution in [-0.2, 0) is 6.61 Å². The Balaban J connectivity index is 1.83. The highest BCUT2D eigenvalue weighted by molar-refractivity contribution is 7.18. The van der Waals surface area contributed by atoms with E-state index in [1.54, 1.807) is 30.3 Å². The summed E-state index contributed by atoms with van der Waals surface area (Å²) in [6, 6.07) is 12.2. The van der Waals surface area contributed by atoms with Crippen LogP contribution in [0.15, 0.2) is 42.5 Å². The van der Waals surface area contributed by atoms with Gasteiger partial charge in [-0.25, -0.2) is 4.98 Å². The minimum absolute atomic E-state index is 0.0776. The minimum Gasteiger partial charge on any atom is -0.389 e. The third kappa shape index (κ3) is 3.05. The molecule has 0 atom stereocenters. The number of aliphatic hydroxyl groups is 1. The number of carbonyl (C=O) groups excluding carboxylic acids is 1. The Labute approximate surface area is 130 Å². The number of hydrogen-bond acceptors (Lipinski definition) is 4. The molecule has 0 aliphatic rings. The van der Waals surface area contributed by atoms with E-state index in [4.69, 9.17) is 16.7 Å². The zero-order chi connectivity index (χ0) is 14.8. The van der Waals surface area contributed by atoms with Gasteiger partial charge in [0.05, 0.1) is 16.8 Å². The molecular formula is C15H11ClN2O2S. The molecule has 0 saturated heterocycles. The summed E-state index contributed by atoms with van der Waals surface area (Å²) in [6.45, 7) is -0.0776. The van der Waals surface area contributed by atoms with E-state index in [1.807, 2.05) is 12.1 Å². The molecule has 0 radical (unpaired) electrons. The lowest BCUT2D eigenvalue weighted by Gasteiger charge is -2.05. The fraction of sp³-hybridized carbons (Fsp3) is 0.0667. The van der Waals surface area contributed by atoms with Crippen molar-refractivity contribution in [2.45, 2.75) is 6.61 Å². The second kappa shape index (κ2) is 5.81. The van der Waals surface area contributed by atoms with Gasteiger partial charge in [0.25, 0.3) is 5.91 Å². The van der Waals surface area contributed by atoms with Crippen molar-refractivity contribution in [2.24, 2.45) is 0 Å². The van der Waals surface area contributed by atoms with E-state index in [1.165, 1.54) is 11.3 Å². The fourth-order valence-electron chi connectivity index (χ4n) is 1.93. The molecule has 0 bridgehead atoms. The van der Waals surface area contributed by atoms with Crippen LogP contribution in [0.1, 0.15) is 15.4 Å². The number of carbonyl (C=O) groups is 1. The summed E-state index contributed by atoms with van der Waals surface area (Å²) >= 11 is 7.23. The topological polar surface area (TPSA) is 62.2 Å². The van der Waals surface area contributed by atoms with E-state index in [2.05, 4.69) is 10.3 Å². The van der Waals surface area contributed by atoms with Crippen LogP contribution in [0.2, 0.25) is 5.02 Å². The maximum atomic E-state index is 12.1. The van der Waals surface area contributed by atoms with Gasteiger partial charge in [-0.2, -0.15) is 0 Å². The molecule has 4 nitrogen and oxygen atoms in total. The monoisotopic (exact) mass is 318 g/mol. The van der Waals surface area contributed by atoms with E-state index in [-0.39, 0.29) is 12.5 Å². The highest BCUT2D eigenvalue weighted by atomic mass is 35.5. The van der Waals surface area contributed by atoms with Crippen molar-refractivity contribution in [3.63, 3.8) is 0 Å². The van der Waals surface area contributed by atoms with Gasteiger partial charge in [0.2, 0.25) is 0 Å². The molecule has 0 saturated carbocycles. The third-order valence-electron chi connectivity index (χ3n) is 2.93. The van der Waals surface area contributed by atoms with Crippen molar-refractivity contribution in [1.82, 2.24) is 4.98 Å². The number of amides is 1. The summed E-state index contributed by atoms with van der Waals surface area (Å²) in [7, 11) is 0. The molecule has 0 aliphatic carbocycles. The number of nitrogens with zero attached hydrogens (tertiary/aromatic N) is 1. The molecule has 3 aromatic rings. The lowest BCUT2D eigenvalue weighted by molar-refractivity contribution is 0.102. The lowest BCUT2D eigenvalue weighted by Crippen LogP contribution is -2.11. The molecule has 106 valence electrons. The zero-order valence-corrected chi connectivity index (χ0v) is 12.4. The molecule has 21 heavy (non-hydrogen) atoms. The number of aliphatic hydroxyl groups excluding tert-OH is 1. The summed E-state index contributed by atoms with van der Waals surface area (Å²) in [5, 5.41) is 13.2. The number of aromatic nitrogens is 1. The lowest BCUT2D eigenvalue weighted by atomic mass is 10.2. The normalized spacial score (nSPS) is 10.8. The highest BCUT2D eigenvalue weighted by Crippen LogP contribution is 2.25. The van der Waals surface area contributed by atoms with Crippen LogP contribution in [0.4, 0.5) is 5.69 Å². The molecule has 0 fully saturated rings. The van der Waals surface area contributed by atoms with Crippen LogP contribution >= 0.6 is 22.9 Å². The van der Waals surface area contributed by atoms with Gasteiger partial charge in [0.1, 0.15) is 5.01 Å². The van der Waals surface area contributed by atoms with Gasteiger partial charge in [0, 0.05) is 16.3 Å². The van der Waals surface area contributed by atoms with E-state index in [0.717, 1.165) is 10.2 Å². The number of rotatable bonds is 3. The number of nitrogens with one attached hydrogen (secondary N) is 1. The van der Waals surface area contributed by atoms with Gasteiger partial charge in [-0.15, -0.1) is 11.3 Å². The van der Waals surface area contributed by atoms with Crippen LogP contribution in [0.25, 0.3) is 10.2 Å². The molecule has 1 aromatic heterocycles. The second-order valence-corrected chi connectivity index (χ2v) is 5.96. The van der Waals surface area contributed by atoms with Crippen molar-refractivity contribution >= 4 is 44.7 Å². The summed E-state index contributed by atoms with van der Waals surface area (Å²) in [4.78, 5) is 16.4. The van der Waals surface area contributed by atoms with Crippen LogP contribution in [0, 0.1) is 0 Å². The minimum atomic E-state index is -0.205. The SMILES string of the molecule is O=C(Nc1ccc2sc(CO)nc2c1)c1ccc(Cl)cc1.